The van der Waals surface area contributed by atoms with Crippen molar-refractivity contribution in [2.24, 2.45) is 0 Å². The third-order valence-corrected chi connectivity index (χ3v) is 5.46. The zero-order chi connectivity index (χ0) is 20.1. The van der Waals surface area contributed by atoms with Gasteiger partial charge in [-0.2, -0.15) is 0 Å². The van der Waals surface area contributed by atoms with E-state index in [1.165, 1.54) is 18.2 Å². The molecule has 28 heavy (non-hydrogen) atoms. The van der Waals surface area contributed by atoms with E-state index in [0.717, 1.165) is 24.3 Å². The molecule has 0 bridgehead atoms. The minimum absolute atomic E-state index is 0.110. The molecule has 0 spiro atoms. The first-order valence-electron chi connectivity index (χ1n) is 9.15. The highest BCUT2D eigenvalue weighted by molar-refractivity contribution is 5.90. The predicted octanol–water partition coefficient (Wildman–Crippen LogP) is 5.16. The minimum atomic E-state index is -2.87. The summed E-state index contributed by atoms with van der Waals surface area (Å²) >= 11 is 0. The van der Waals surface area contributed by atoms with Crippen LogP contribution in [0.3, 0.4) is 0 Å². The SMILES string of the molecule is C[C@@H](Nc1ccnc2cc(=O)n(C3(C)CC3)cc12)c1cccc(C(F)F)c1F. The maximum absolute atomic E-state index is 14.5. The molecule has 0 radical (unpaired) electrons. The molecule has 4 rings (SSSR count). The molecule has 3 aromatic rings. The molecule has 1 aliphatic carbocycles. The Morgan fingerprint density at radius 1 is 1.21 bits per heavy atom. The van der Waals surface area contributed by atoms with Crippen LogP contribution in [-0.4, -0.2) is 9.55 Å². The molecule has 0 amide bonds. The van der Waals surface area contributed by atoms with Crippen molar-refractivity contribution in [2.75, 3.05) is 5.32 Å². The average molecular weight is 387 g/mol. The number of hydrogen-bond acceptors (Lipinski definition) is 3. The monoisotopic (exact) mass is 387 g/mol. The van der Waals surface area contributed by atoms with E-state index in [4.69, 9.17) is 0 Å². The number of fused-ring (bicyclic) bond motifs is 1. The first-order valence-corrected chi connectivity index (χ1v) is 9.15. The molecule has 1 saturated carbocycles. The van der Waals surface area contributed by atoms with Crippen LogP contribution in [-0.2, 0) is 5.54 Å². The van der Waals surface area contributed by atoms with Crippen molar-refractivity contribution in [2.45, 2.75) is 44.7 Å². The number of hydrogen-bond donors (Lipinski definition) is 1. The zero-order valence-corrected chi connectivity index (χ0v) is 15.5. The molecular formula is C21H20F3N3O. The van der Waals surface area contributed by atoms with Crippen LogP contribution in [0.15, 0.2) is 47.5 Å². The van der Waals surface area contributed by atoms with Gasteiger partial charge in [-0.1, -0.05) is 18.2 Å². The van der Waals surface area contributed by atoms with E-state index >= 15 is 0 Å². The molecule has 1 aromatic carbocycles. The van der Waals surface area contributed by atoms with Crippen LogP contribution in [0.4, 0.5) is 18.9 Å². The lowest BCUT2D eigenvalue weighted by molar-refractivity contribution is 0.146. The molecule has 2 aromatic heterocycles. The second-order valence-corrected chi connectivity index (χ2v) is 7.55. The highest BCUT2D eigenvalue weighted by Crippen LogP contribution is 2.42. The van der Waals surface area contributed by atoms with Gasteiger partial charge < -0.3 is 9.88 Å². The number of nitrogens with zero attached hydrogens (tertiary/aromatic N) is 2. The molecule has 1 fully saturated rings. The smallest absolute Gasteiger partial charge is 0.266 e. The number of pyridine rings is 2. The van der Waals surface area contributed by atoms with Gasteiger partial charge in [-0.15, -0.1) is 0 Å². The fraction of sp³-hybridized carbons (Fsp3) is 0.333. The number of benzene rings is 1. The number of rotatable bonds is 5. The second-order valence-electron chi connectivity index (χ2n) is 7.55. The predicted molar refractivity (Wildman–Crippen MR) is 102 cm³/mol. The van der Waals surface area contributed by atoms with Gasteiger partial charge in [-0.25, -0.2) is 13.2 Å². The van der Waals surface area contributed by atoms with Crippen LogP contribution in [0.1, 0.15) is 50.3 Å². The van der Waals surface area contributed by atoms with Crippen LogP contribution in [0.25, 0.3) is 10.9 Å². The van der Waals surface area contributed by atoms with Crippen LogP contribution in [0, 0.1) is 5.82 Å². The van der Waals surface area contributed by atoms with E-state index in [-0.39, 0.29) is 16.7 Å². The molecule has 2 heterocycles. The van der Waals surface area contributed by atoms with Crippen LogP contribution < -0.4 is 10.9 Å². The van der Waals surface area contributed by atoms with Crippen LogP contribution in [0.5, 0.6) is 0 Å². The summed E-state index contributed by atoms with van der Waals surface area (Å²) in [6, 6.07) is 6.68. The minimum Gasteiger partial charge on any atom is -0.378 e. The Hall–Kier alpha value is -2.83. The number of aromatic nitrogens is 2. The summed E-state index contributed by atoms with van der Waals surface area (Å²) in [5.74, 6) is -0.904. The van der Waals surface area contributed by atoms with E-state index in [2.05, 4.69) is 10.3 Å². The fourth-order valence-electron chi connectivity index (χ4n) is 3.47. The summed E-state index contributed by atoms with van der Waals surface area (Å²) in [5, 5.41) is 3.92. The first-order chi connectivity index (χ1) is 13.3. The largest absolute Gasteiger partial charge is 0.378 e. The number of halogens is 3. The van der Waals surface area contributed by atoms with E-state index in [0.29, 0.717) is 11.2 Å². The molecule has 4 nitrogen and oxygen atoms in total. The number of nitrogens with one attached hydrogen (secondary N) is 1. The molecule has 146 valence electrons. The lowest BCUT2D eigenvalue weighted by Gasteiger charge is -2.20. The van der Waals surface area contributed by atoms with Crippen LogP contribution >= 0.6 is 0 Å². The van der Waals surface area contributed by atoms with E-state index in [1.807, 2.05) is 6.92 Å². The van der Waals surface area contributed by atoms with Gasteiger partial charge in [-0.05, 0) is 32.8 Å². The summed E-state index contributed by atoms with van der Waals surface area (Å²) in [6.45, 7) is 3.73. The Morgan fingerprint density at radius 3 is 2.61 bits per heavy atom. The van der Waals surface area contributed by atoms with Crippen LogP contribution in [0.2, 0.25) is 0 Å². The summed E-state index contributed by atoms with van der Waals surface area (Å²) in [6.07, 6.45) is 2.33. The highest BCUT2D eigenvalue weighted by Gasteiger charge is 2.40. The van der Waals surface area contributed by atoms with E-state index < -0.39 is 23.8 Å². The molecule has 1 atom stereocenters. The number of alkyl halides is 2. The first kappa shape index (κ1) is 18.5. The summed E-state index contributed by atoms with van der Waals surface area (Å²) in [7, 11) is 0. The lowest BCUT2D eigenvalue weighted by Crippen LogP contribution is -2.27. The van der Waals surface area contributed by atoms with Gasteiger partial charge in [-0.3, -0.25) is 9.78 Å². The van der Waals surface area contributed by atoms with Crippen molar-refractivity contribution in [1.82, 2.24) is 9.55 Å². The van der Waals surface area contributed by atoms with E-state index in [1.54, 1.807) is 30.0 Å². The van der Waals surface area contributed by atoms with Gasteiger partial charge >= 0.3 is 0 Å². The molecule has 0 saturated heterocycles. The van der Waals surface area contributed by atoms with Gasteiger partial charge in [0, 0.05) is 40.6 Å². The van der Waals surface area contributed by atoms with Gasteiger partial charge in [0.1, 0.15) is 5.82 Å². The van der Waals surface area contributed by atoms with Crippen molar-refractivity contribution in [3.63, 3.8) is 0 Å². The van der Waals surface area contributed by atoms with Crippen molar-refractivity contribution in [3.8, 4) is 0 Å². The summed E-state index contributed by atoms with van der Waals surface area (Å²) in [5.41, 5.74) is 0.455. The maximum Gasteiger partial charge on any atom is 0.266 e. The average Bonchev–Trinajstić information content (AvgIpc) is 3.39. The Balaban J connectivity index is 1.74. The molecular weight excluding hydrogens is 367 g/mol. The molecule has 1 N–H and O–H groups in total. The standard InChI is InChI=1S/C21H20F3N3O/c1-12(13-4-3-5-14(19(13)22)20(23)24)26-16-6-9-25-17-10-18(28)27(11-15(16)17)21(2)7-8-21/h3-6,9-12,20,26H,7-8H2,1-2H3/t12-/m1/s1. The molecule has 0 aliphatic heterocycles. The van der Waals surface area contributed by atoms with Crippen molar-refractivity contribution >= 4 is 16.6 Å². The fourth-order valence-corrected chi connectivity index (χ4v) is 3.47. The molecule has 7 heteroatoms. The van der Waals surface area contributed by atoms with Crippen molar-refractivity contribution in [1.29, 1.82) is 0 Å². The van der Waals surface area contributed by atoms with Gasteiger partial charge in [0.05, 0.1) is 17.1 Å². The molecule has 0 unspecified atom stereocenters. The normalized spacial score (nSPS) is 16.4. The van der Waals surface area contributed by atoms with E-state index in [9.17, 15) is 18.0 Å². The summed E-state index contributed by atoms with van der Waals surface area (Å²) < 4.78 is 42.2. The lowest BCUT2D eigenvalue weighted by atomic mass is 10.0. The summed E-state index contributed by atoms with van der Waals surface area (Å²) in [4.78, 5) is 16.7. The Kier molecular flexibility index (Phi) is 4.40. The Morgan fingerprint density at radius 2 is 1.93 bits per heavy atom. The second kappa shape index (κ2) is 6.65. The quantitative estimate of drug-likeness (QED) is 0.658. The van der Waals surface area contributed by atoms with Crippen molar-refractivity contribution in [3.05, 3.63) is 70.0 Å². The van der Waals surface area contributed by atoms with Gasteiger partial charge in [0.2, 0.25) is 0 Å². The van der Waals surface area contributed by atoms with Crippen molar-refractivity contribution < 1.29 is 13.2 Å². The Labute approximate surface area is 160 Å². The van der Waals surface area contributed by atoms with Gasteiger partial charge in [0.15, 0.2) is 0 Å². The zero-order valence-electron chi connectivity index (χ0n) is 15.5. The third kappa shape index (κ3) is 3.15. The maximum atomic E-state index is 14.5. The highest BCUT2D eigenvalue weighted by atomic mass is 19.3. The topological polar surface area (TPSA) is 46.9 Å². The third-order valence-electron chi connectivity index (χ3n) is 5.46. The Bertz CT molecular complexity index is 1110. The van der Waals surface area contributed by atoms with Gasteiger partial charge in [0.25, 0.3) is 12.0 Å². The molecule has 1 aliphatic rings. The number of anilines is 1.